The molecule has 0 atom stereocenters. The van der Waals surface area contributed by atoms with Gasteiger partial charge in [-0.2, -0.15) is 0 Å². The summed E-state index contributed by atoms with van der Waals surface area (Å²) < 4.78 is 0.426. The summed E-state index contributed by atoms with van der Waals surface area (Å²) in [4.78, 5) is 32.8. The van der Waals surface area contributed by atoms with E-state index in [1.165, 1.54) is 16.7 Å². The summed E-state index contributed by atoms with van der Waals surface area (Å²) in [6.45, 7) is 11.1. The second-order valence-corrected chi connectivity index (χ2v) is 9.15. The molecule has 2 aliphatic rings. The summed E-state index contributed by atoms with van der Waals surface area (Å²) >= 11 is 6.74. The van der Waals surface area contributed by atoms with Gasteiger partial charge in [-0.05, 0) is 24.6 Å². The molecule has 0 aliphatic carbocycles. The first kappa shape index (κ1) is 22.2. The number of aryl methyl sites for hydroxylation is 1. The quantitative estimate of drug-likeness (QED) is 0.338. The second-order valence-electron chi connectivity index (χ2n) is 7.50. The van der Waals surface area contributed by atoms with Crippen molar-refractivity contribution >= 4 is 57.1 Å². The number of benzene rings is 2. The molecule has 0 aromatic heterocycles. The van der Waals surface area contributed by atoms with Gasteiger partial charge in [0.25, 0.3) is 11.8 Å². The predicted octanol–water partition coefficient (Wildman–Crippen LogP) is 4.75. The van der Waals surface area contributed by atoms with Crippen molar-refractivity contribution in [2.45, 2.75) is 6.92 Å². The molecule has 32 heavy (non-hydrogen) atoms. The summed E-state index contributed by atoms with van der Waals surface area (Å²) in [5.74, 6) is -0.460. The van der Waals surface area contributed by atoms with Crippen LogP contribution in [0.2, 0.25) is 0 Å². The molecule has 1 saturated heterocycles. The van der Waals surface area contributed by atoms with E-state index in [1.807, 2.05) is 55.5 Å². The number of carbonyl (C=O) groups is 2. The summed E-state index contributed by atoms with van der Waals surface area (Å²) in [5, 5.41) is 0. The standard InChI is InChI=1S/C25H23N3O2S2/c1-4-14-26(15-5-2)16-27-20-13-9-7-11-18(20)21(23(27)29)22-24(30)28(25(31)32-22)19-12-8-6-10-17(19)3/h4-13H,1-2,14-16H2,3H3. The third kappa shape index (κ3) is 3.83. The van der Waals surface area contributed by atoms with Crippen molar-refractivity contribution in [2.75, 3.05) is 29.6 Å². The molecule has 2 heterocycles. The van der Waals surface area contributed by atoms with Crippen molar-refractivity contribution < 1.29 is 9.59 Å². The van der Waals surface area contributed by atoms with Gasteiger partial charge >= 0.3 is 0 Å². The molecular formula is C25H23N3O2S2. The van der Waals surface area contributed by atoms with Crippen LogP contribution in [-0.4, -0.2) is 40.8 Å². The van der Waals surface area contributed by atoms with Crippen molar-refractivity contribution in [3.63, 3.8) is 0 Å². The van der Waals surface area contributed by atoms with Gasteiger partial charge in [0.05, 0.1) is 28.5 Å². The highest BCUT2D eigenvalue weighted by Crippen LogP contribution is 2.45. The van der Waals surface area contributed by atoms with Gasteiger partial charge in [-0.25, -0.2) is 0 Å². The molecule has 5 nitrogen and oxygen atoms in total. The van der Waals surface area contributed by atoms with Crippen LogP contribution >= 0.6 is 24.0 Å². The summed E-state index contributed by atoms with van der Waals surface area (Å²) in [7, 11) is 0. The van der Waals surface area contributed by atoms with E-state index in [-0.39, 0.29) is 11.8 Å². The molecule has 4 rings (SSSR count). The Morgan fingerprint density at radius 3 is 2.25 bits per heavy atom. The molecule has 2 aliphatic heterocycles. The van der Waals surface area contributed by atoms with Crippen molar-refractivity contribution in [1.29, 1.82) is 0 Å². The highest BCUT2D eigenvalue weighted by atomic mass is 32.2. The maximum absolute atomic E-state index is 13.6. The third-order valence-corrected chi connectivity index (χ3v) is 6.76. The van der Waals surface area contributed by atoms with E-state index in [1.54, 1.807) is 17.1 Å². The number of nitrogens with zero attached hydrogens (tertiary/aromatic N) is 3. The van der Waals surface area contributed by atoms with Gasteiger partial charge < -0.3 is 0 Å². The Morgan fingerprint density at radius 1 is 0.969 bits per heavy atom. The van der Waals surface area contributed by atoms with Crippen molar-refractivity contribution in [2.24, 2.45) is 0 Å². The molecule has 0 saturated carbocycles. The van der Waals surface area contributed by atoms with Crippen molar-refractivity contribution in [3.8, 4) is 0 Å². The molecule has 0 N–H and O–H groups in total. The number of anilines is 2. The van der Waals surface area contributed by atoms with Crippen LogP contribution in [0.25, 0.3) is 5.57 Å². The fourth-order valence-corrected chi connectivity index (χ4v) is 5.29. The van der Waals surface area contributed by atoms with Gasteiger partial charge in [-0.3, -0.25) is 24.3 Å². The smallest absolute Gasteiger partial charge is 0.271 e. The molecule has 0 radical (unpaired) electrons. The maximum atomic E-state index is 13.6. The minimum atomic E-state index is -0.261. The van der Waals surface area contributed by atoms with Gasteiger partial charge in [0, 0.05) is 18.7 Å². The van der Waals surface area contributed by atoms with E-state index in [2.05, 4.69) is 18.1 Å². The van der Waals surface area contributed by atoms with Crippen molar-refractivity contribution in [3.05, 3.63) is 89.9 Å². The number of para-hydroxylation sites is 2. The Kier molecular flexibility index (Phi) is 6.41. The maximum Gasteiger partial charge on any atom is 0.271 e. The number of hydrogen-bond acceptors (Lipinski definition) is 5. The summed E-state index contributed by atoms with van der Waals surface area (Å²) in [6.07, 6.45) is 3.59. The van der Waals surface area contributed by atoms with Crippen LogP contribution in [0.1, 0.15) is 11.1 Å². The zero-order valence-corrected chi connectivity index (χ0v) is 19.4. The average Bonchev–Trinajstić information content (AvgIpc) is 3.21. The first-order valence-corrected chi connectivity index (χ1v) is 11.4. The van der Waals surface area contributed by atoms with Crippen LogP contribution in [0, 0.1) is 6.92 Å². The van der Waals surface area contributed by atoms with Crippen LogP contribution in [0.3, 0.4) is 0 Å². The minimum Gasteiger partial charge on any atom is -0.294 e. The van der Waals surface area contributed by atoms with Crippen LogP contribution in [-0.2, 0) is 9.59 Å². The topological polar surface area (TPSA) is 43.9 Å². The normalized spacial score (nSPS) is 18.0. The van der Waals surface area contributed by atoms with E-state index in [0.717, 1.165) is 22.5 Å². The predicted molar refractivity (Wildman–Crippen MR) is 137 cm³/mol. The number of carbonyl (C=O) groups excluding carboxylic acids is 2. The van der Waals surface area contributed by atoms with Crippen LogP contribution in [0.15, 0.2) is 78.7 Å². The van der Waals surface area contributed by atoms with E-state index >= 15 is 0 Å². The van der Waals surface area contributed by atoms with Gasteiger partial charge in [-0.15, -0.1) is 13.2 Å². The van der Waals surface area contributed by atoms with Crippen LogP contribution < -0.4 is 9.80 Å². The number of fused-ring (bicyclic) bond motifs is 1. The van der Waals surface area contributed by atoms with E-state index in [4.69, 9.17) is 12.2 Å². The number of thiocarbonyl (C=S) groups is 1. The first-order chi connectivity index (χ1) is 15.5. The van der Waals surface area contributed by atoms with Crippen LogP contribution in [0.4, 0.5) is 11.4 Å². The van der Waals surface area contributed by atoms with Crippen LogP contribution in [0.5, 0.6) is 0 Å². The Bertz CT molecular complexity index is 1160. The lowest BCUT2D eigenvalue weighted by Crippen LogP contribution is -2.40. The lowest BCUT2D eigenvalue weighted by Gasteiger charge is -2.26. The number of amides is 2. The summed E-state index contributed by atoms with van der Waals surface area (Å²) in [6, 6.07) is 15.2. The molecule has 2 aromatic rings. The lowest BCUT2D eigenvalue weighted by molar-refractivity contribution is -0.115. The average molecular weight is 462 g/mol. The minimum absolute atomic E-state index is 0.199. The second kappa shape index (κ2) is 9.24. The van der Waals surface area contributed by atoms with E-state index < -0.39 is 0 Å². The van der Waals surface area contributed by atoms with E-state index in [9.17, 15) is 9.59 Å². The van der Waals surface area contributed by atoms with Gasteiger partial charge in [0.1, 0.15) is 0 Å². The largest absolute Gasteiger partial charge is 0.294 e. The molecular weight excluding hydrogens is 438 g/mol. The zero-order chi connectivity index (χ0) is 22.8. The van der Waals surface area contributed by atoms with Gasteiger partial charge in [0.2, 0.25) is 0 Å². The fraction of sp³-hybridized carbons (Fsp3) is 0.160. The molecule has 162 valence electrons. The Balaban J connectivity index is 1.77. The number of rotatable bonds is 7. The number of thioether (sulfide) groups is 1. The highest BCUT2D eigenvalue weighted by molar-refractivity contribution is 8.27. The Morgan fingerprint density at radius 2 is 1.59 bits per heavy atom. The zero-order valence-electron chi connectivity index (χ0n) is 17.8. The SMILES string of the molecule is C=CCN(CC=C)CN1C(=O)C(=C2SC(=S)N(c3ccccc3C)C2=O)c2ccccc21. The molecule has 2 aromatic carbocycles. The Labute approximate surface area is 197 Å². The molecule has 0 unspecified atom stereocenters. The molecule has 0 spiro atoms. The monoisotopic (exact) mass is 461 g/mol. The fourth-order valence-electron chi connectivity index (χ4n) is 3.94. The third-order valence-electron chi connectivity index (χ3n) is 5.39. The van der Waals surface area contributed by atoms with Gasteiger partial charge in [-0.1, -0.05) is 72.5 Å². The molecule has 1 fully saturated rings. The van der Waals surface area contributed by atoms with Crippen molar-refractivity contribution in [1.82, 2.24) is 4.90 Å². The molecule has 7 heteroatoms. The molecule has 2 amide bonds. The van der Waals surface area contributed by atoms with Gasteiger partial charge in [0.15, 0.2) is 4.32 Å². The highest BCUT2D eigenvalue weighted by Gasteiger charge is 2.43. The molecule has 0 bridgehead atoms. The van der Waals surface area contributed by atoms with E-state index in [0.29, 0.717) is 34.6 Å². The Hall–Kier alpha value is -3.00. The first-order valence-electron chi connectivity index (χ1n) is 10.2. The summed E-state index contributed by atoms with van der Waals surface area (Å²) in [5.41, 5.74) is 3.63. The lowest BCUT2D eigenvalue weighted by atomic mass is 10.1. The number of hydrogen-bond donors (Lipinski definition) is 0.